The average molecular weight is 193 g/mol. The van der Waals surface area contributed by atoms with Gasteiger partial charge in [-0.25, -0.2) is 4.39 Å². The molecule has 1 rings (SSSR count). The number of hydrogen-bond donors (Lipinski definition) is 1. The molecule has 0 saturated heterocycles. The van der Waals surface area contributed by atoms with E-state index in [2.05, 4.69) is 11.9 Å². The predicted octanol–water partition coefficient (Wildman–Crippen LogP) is 2.53. The Hall–Kier alpha value is -1.15. The van der Waals surface area contributed by atoms with Crippen LogP contribution in [0.15, 0.2) is 36.9 Å². The SMILES string of the molecule is C=CCCNCCc1cccc(F)c1. The first-order valence-corrected chi connectivity index (χ1v) is 4.89. The quantitative estimate of drug-likeness (QED) is 0.540. The molecule has 0 atom stereocenters. The van der Waals surface area contributed by atoms with E-state index >= 15 is 0 Å². The number of halogens is 1. The summed E-state index contributed by atoms with van der Waals surface area (Å²) in [6.45, 7) is 5.47. The summed E-state index contributed by atoms with van der Waals surface area (Å²) >= 11 is 0. The molecule has 1 N–H and O–H groups in total. The van der Waals surface area contributed by atoms with E-state index in [1.165, 1.54) is 6.07 Å². The van der Waals surface area contributed by atoms with E-state index in [0.717, 1.165) is 31.5 Å². The van der Waals surface area contributed by atoms with E-state index in [-0.39, 0.29) is 5.82 Å². The highest BCUT2D eigenvalue weighted by Gasteiger charge is 1.94. The van der Waals surface area contributed by atoms with Crippen molar-refractivity contribution in [1.29, 1.82) is 0 Å². The van der Waals surface area contributed by atoms with E-state index in [0.29, 0.717) is 0 Å². The predicted molar refractivity (Wildman–Crippen MR) is 57.8 cm³/mol. The van der Waals surface area contributed by atoms with Crippen LogP contribution in [0, 0.1) is 5.82 Å². The Kier molecular flexibility index (Phi) is 4.94. The van der Waals surface area contributed by atoms with Gasteiger partial charge in [-0.3, -0.25) is 0 Å². The molecule has 0 saturated carbocycles. The molecule has 0 fully saturated rings. The van der Waals surface area contributed by atoms with Crippen molar-refractivity contribution < 1.29 is 4.39 Å². The summed E-state index contributed by atoms with van der Waals surface area (Å²) in [6, 6.07) is 6.73. The molecule has 14 heavy (non-hydrogen) atoms. The maximum absolute atomic E-state index is 12.8. The molecule has 0 aliphatic rings. The molecule has 1 nitrogen and oxygen atoms in total. The molecule has 1 aromatic rings. The minimum Gasteiger partial charge on any atom is -0.316 e. The van der Waals surface area contributed by atoms with Gasteiger partial charge in [0.15, 0.2) is 0 Å². The van der Waals surface area contributed by atoms with E-state index in [1.54, 1.807) is 12.1 Å². The zero-order valence-electron chi connectivity index (χ0n) is 8.30. The summed E-state index contributed by atoms with van der Waals surface area (Å²) < 4.78 is 12.8. The summed E-state index contributed by atoms with van der Waals surface area (Å²) in [5.74, 6) is -0.159. The van der Waals surface area contributed by atoms with Crippen LogP contribution in [0.2, 0.25) is 0 Å². The molecule has 0 aromatic heterocycles. The Morgan fingerprint density at radius 2 is 2.21 bits per heavy atom. The Morgan fingerprint density at radius 3 is 2.93 bits per heavy atom. The van der Waals surface area contributed by atoms with Gasteiger partial charge in [-0.2, -0.15) is 0 Å². The van der Waals surface area contributed by atoms with Gasteiger partial charge in [-0.05, 0) is 43.6 Å². The van der Waals surface area contributed by atoms with Gasteiger partial charge in [-0.15, -0.1) is 6.58 Å². The van der Waals surface area contributed by atoms with Crippen LogP contribution >= 0.6 is 0 Å². The van der Waals surface area contributed by atoms with E-state index in [4.69, 9.17) is 0 Å². The molecule has 76 valence electrons. The van der Waals surface area contributed by atoms with Gasteiger partial charge < -0.3 is 5.32 Å². The molecular formula is C12H16FN. The molecular weight excluding hydrogens is 177 g/mol. The van der Waals surface area contributed by atoms with Gasteiger partial charge in [0.1, 0.15) is 5.82 Å². The largest absolute Gasteiger partial charge is 0.316 e. The second kappa shape index (κ2) is 6.33. The van der Waals surface area contributed by atoms with Crippen LogP contribution in [-0.4, -0.2) is 13.1 Å². The van der Waals surface area contributed by atoms with E-state index in [1.807, 2.05) is 12.1 Å². The minimum atomic E-state index is -0.159. The van der Waals surface area contributed by atoms with Crippen molar-refractivity contribution in [3.8, 4) is 0 Å². The summed E-state index contributed by atoms with van der Waals surface area (Å²) in [7, 11) is 0. The van der Waals surface area contributed by atoms with Crippen molar-refractivity contribution in [3.05, 3.63) is 48.3 Å². The molecule has 0 radical (unpaired) electrons. The molecule has 2 heteroatoms. The third kappa shape index (κ3) is 4.19. The number of hydrogen-bond acceptors (Lipinski definition) is 1. The van der Waals surface area contributed by atoms with Crippen molar-refractivity contribution in [2.45, 2.75) is 12.8 Å². The van der Waals surface area contributed by atoms with Crippen LogP contribution in [0.3, 0.4) is 0 Å². The number of nitrogens with one attached hydrogen (secondary N) is 1. The van der Waals surface area contributed by atoms with Crippen LogP contribution in [0.5, 0.6) is 0 Å². The summed E-state index contributed by atoms with van der Waals surface area (Å²) in [4.78, 5) is 0. The second-order valence-corrected chi connectivity index (χ2v) is 3.21. The van der Waals surface area contributed by atoms with Crippen molar-refractivity contribution >= 4 is 0 Å². The Bertz CT molecular complexity index is 283. The fourth-order valence-electron chi connectivity index (χ4n) is 1.25. The minimum absolute atomic E-state index is 0.159. The average Bonchev–Trinajstić information content (AvgIpc) is 2.18. The second-order valence-electron chi connectivity index (χ2n) is 3.21. The third-order valence-corrected chi connectivity index (χ3v) is 2.00. The van der Waals surface area contributed by atoms with Crippen molar-refractivity contribution in [2.75, 3.05) is 13.1 Å². The lowest BCUT2D eigenvalue weighted by Gasteiger charge is -2.03. The zero-order valence-corrected chi connectivity index (χ0v) is 8.30. The van der Waals surface area contributed by atoms with Crippen LogP contribution in [0.4, 0.5) is 4.39 Å². The lowest BCUT2D eigenvalue weighted by atomic mass is 10.1. The van der Waals surface area contributed by atoms with Crippen LogP contribution < -0.4 is 5.32 Å². The Balaban J connectivity index is 2.21. The smallest absolute Gasteiger partial charge is 0.123 e. The fourth-order valence-corrected chi connectivity index (χ4v) is 1.25. The van der Waals surface area contributed by atoms with Crippen molar-refractivity contribution in [3.63, 3.8) is 0 Å². The lowest BCUT2D eigenvalue weighted by molar-refractivity contribution is 0.623. The van der Waals surface area contributed by atoms with Gasteiger partial charge in [0, 0.05) is 0 Å². The molecule has 0 aliphatic carbocycles. The molecule has 1 aromatic carbocycles. The number of benzene rings is 1. The zero-order chi connectivity index (χ0) is 10.2. The monoisotopic (exact) mass is 193 g/mol. The highest BCUT2D eigenvalue weighted by molar-refractivity contribution is 5.16. The van der Waals surface area contributed by atoms with Gasteiger partial charge in [-0.1, -0.05) is 18.2 Å². The fraction of sp³-hybridized carbons (Fsp3) is 0.333. The Morgan fingerprint density at radius 1 is 1.36 bits per heavy atom. The lowest BCUT2D eigenvalue weighted by Crippen LogP contribution is -2.17. The first-order valence-electron chi connectivity index (χ1n) is 4.89. The first-order chi connectivity index (χ1) is 6.83. The topological polar surface area (TPSA) is 12.0 Å². The van der Waals surface area contributed by atoms with Crippen LogP contribution in [-0.2, 0) is 6.42 Å². The molecule has 0 spiro atoms. The van der Waals surface area contributed by atoms with Crippen molar-refractivity contribution in [2.24, 2.45) is 0 Å². The van der Waals surface area contributed by atoms with E-state index < -0.39 is 0 Å². The highest BCUT2D eigenvalue weighted by atomic mass is 19.1. The molecule has 0 heterocycles. The third-order valence-electron chi connectivity index (χ3n) is 2.00. The first kappa shape index (κ1) is 10.9. The summed E-state index contributed by atoms with van der Waals surface area (Å²) in [6.07, 6.45) is 3.73. The van der Waals surface area contributed by atoms with Gasteiger partial charge in [0.2, 0.25) is 0 Å². The molecule has 0 bridgehead atoms. The van der Waals surface area contributed by atoms with Crippen molar-refractivity contribution in [1.82, 2.24) is 5.32 Å². The standard InChI is InChI=1S/C12H16FN/c1-2-3-8-14-9-7-11-5-4-6-12(13)10-11/h2,4-6,10,14H,1,3,7-9H2. The van der Waals surface area contributed by atoms with Crippen LogP contribution in [0.25, 0.3) is 0 Å². The molecule has 0 unspecified atom stereocenters. The van der Waals surface area contributed by atoms with Gasteiger partial charge in [0.25, 0.3) is 0 Å². The molecule has 0 aliphatic heterocycles. The number of rotatable bonds is 6. The normalized spacial score (nSPS) is 10.1. The molecule has 0 amide bonds. The maximum atomic E-state index is 12.8. The Labute approximate surface area is 84.6 Å². The summed E-state index contributed by atoms with van der Waals surface area (Å²) in [5.41, 5.74) is 1.04. The van der Waals surface area contributed by atoms with E-state index in [9.17, 15) is 4.39 Å². The highest BCUT2D eigenvalue weighted by Crippen LogP contribution is 2.03. The summed E-state index contributed by atoms with van der Waals surface area (Å²) in [5, 5.41) is 3.26. The van der Waals surface area contributed by atoms with Gasteiger partial charge in [0.05, 0.1) is 0 Å². The van der Waals surface area contributed by atoms with Gasteiger partial charge >= 0.3 is 0 Å². The van der Waals surface area contributed by atoms with Crippen LogP contribution in [0.1, 0.15) is 12.0 Å². The maximum Gasteiger partial charge on any atom is 0.123 e.